The first-order chi connectivity index (χ1) is 29.8. The normalized spacial score (nSPS) is 10.3. The standard InChI is InChI=1S/C8H5BrF2N2.C8H6BrF2NO2.C8H8BrF2N.C8H7F2NO2.C6H2F3NO2/c1-13-3-12-5-2-4(9)6(10)7(11)8(5)13;1-2-4-6(12(13)14)3-5(9)8(11)7(4)10;1-2-4-6(12)3-5(9)8(11)7(4)10;1-2-5-7(11(12)13)4-3-6(9)8(5)10;7-3-1-2-4(10(11)12)6(9)5(3)8/h2-3H,1H3;3H,2H2,1H3;3H,2,12H2,1H3;3-4H,2H2,1H3;1-2H. The van der Waals surface area contributed by atoms with Gasteiger partial charge in [-0.3, -0.25) is 30.3 Å². The number of nitro groups is 3. The second-order valence-electron chi connectivity index (χ2n) is 12.1. The second-order valence-corrected chi connectivity index (χ2v) is 14.7. The van der Waals surface area contributed by atoms with Crippen molar-refractivity contribution >= 4 is 81.6 Å². The van der Waals surface area contributed by atoms with Crippen molar-refractivity contribution < 1.29 is 63.1 Å². The number of hydrogen-bond acceptors (Lipinski definition) is 8. The summed E-state index contributed by atoms with van der Waals surface area (Å²) in [6.45, 7) is 4.78. The molecular formula is C38H28Br3F11N6O6. The lowest BCUT2D eigenvalue weighted by Gasteiger charge is -2.06. The zero-order valence-electron chi connectivity index (χ0n) is 32.8. The summed E-state index contributed by atoms with van der Waals surface area (Å²) in [5.41, 5.74) is 4.34. The average molecular weight is 1110 g/mol. The molecule has 0 saturated heterocycles. The Labute approximate surface area is 378 Å². The molecule has 344 valence electrons. The number of nitro benzene ring substituents is 3. The number of anilines is 1. The lowest BCUT2D eigenvalue weighted by atomic mass is 10.1. The quantitative estimate of drug-likeness (QED) is 0.0564. The number of hydrogen-bond donors (Lipinski definition) is 1. The van der Waals surface area contributed by atoms with Gasteiger partial charge in [0.05, 0.1) is 51.2 Å². The predicted octanol–water partition coefficient (Wildman–Crippen LogP) is 13.1. The minimum Gasteiger partial charge on any atom is -0.398 e. The molecule has 6 rings (SSSR count). The first kappa shape index (κ1) is 54.4. The summed E-state index contributed by atoms with van der Waals surface area (Å²) in [5.74, 6) is -13.0. The third-order valence-electron chi connectivity index (χ3n) is 8.21. The number of fused-ring (bicyclic) bond motifs is 1. The number of benzene rings is 5. The van der Waals surface area contributed by atoms with Gasteiger partial charge in [0.1, 0.15) is 5.52 Å². The Hall–Kier alpha value is -5.76. The van der Waals surface area contributed by atoms with Crippen molar-refractivity contribution in [3.8, 4) is 0 Å². The fraction of sp³-hybridized carbons (Fsp3) is 0.184. The molecule has 0 spiro atoms. The van der Waals surface area contributed by atoms with Crippen LogP contribution in [-0.4, -0.2) is 24.3 Å². The van der Waals surface area contributed by atoms with Crippen LogP contribution < -0.4 is 5.73 Å². The number of aryl methyl sites for hydroxylation is 1. The summed E-state index contributed by atoms with van der Waals surface area (Å²) in [6, 6.07) is 6.58. The molecule has 0 radical (unpaired) electrons. The summed E-state index contributed by atoms with van der Waals surface area (Å²) in [5, 5.41) is 30.8. The van der Waals surface area contributed by atoms with Crippen LogP contribution in [-0.2, 0) is 26.3 Å². The maximum absolute atomic E-state index is 13.3. The lowest BCUT2D eigenvalue weighted by Crippen LogP contribution is -2.01. The van der Waals surface area contributed by atoms with E-state index in [2.05, 4.69) is 52.8 Å². The molecule has 64 heavy (non-hydrogen) atoms. The fourth-order valence-electron chi connectivity index (χ4n) is 5.09. The largest absolute Gasteiger partial charge is 0.398 e. The van der Waals surface area contributed by atoms with Gasteiger partial charge >= 0.3 is 5.69 Å². The summed E-state index contributed by atoms with van der Waals surface area (Å²) in [4.78, 5) is 32.1. The van der Waals surface area contributed by atoms with E-state index in [1.54, 1.807) is 14.0 Å². The average Bonchev–Trinajstić information content (AvgIpc) is 3.61. The number of nitrogen functional groups attached to an aromatic ring is 1. The Morgan fingerprint density at radius 1 is 0.531 bits per heavy atom. The molecule has 1 heterocycles. The molecule has 0 aliphatic rings. The van der Waals surface area contributed by atoms with Crippen molar-refractivity contribution in [1.82, 2.24) is 9.55 Å². The molecule has 0 aliphatic heterocycles. The molecule has 2 N–H and O–H groups in total. The van der Waals surface area contributed by atoms with E-state index in [1.165, 1.54) is 36.9 Å². The van der Waals surface area contributed by atoms with E-state index in [1.807, 2.05) is 0 Å². The highest BCUT2D eigenvalue weighted by Crippen LogP contribution is 2.31. The number of nitrogens with zero attached hydrogens (tertiary/aromatic N) is 5. The van der Waals surface area contributed by atoms with E-state index in [9.17, 15) is 78.6 Å². The summed E-state index contributed by atoms with van der Waals surface area (Å²) in [6.07, 6.45) is 2.01. The molecule has 26 heteroatoms. The van der Waals surface area contributed by atoms with Crippen LogP contribution in [0.2, 0.25) is 0 Å². The van der Waals surface area contributed by atoms with E-state index >= 15 is 0 Å². The van der Waals surface area contributed by atoms with Crippen molar-refractivity contribution in [3.63, 3.8) is 0 Å². The van der Waals surface area contributed by atoms with Gasteiger partial charge in [0.25, 0.3) is 11.4 Å². The predicted molar refractivity (Wildman–Crippen MR) is 222 cm³/mol. The van der Waals surface area contributed by atoms with E-state index in [-0.39, 0.29) is 59.8 Å². The lowest BCUT2D eigenvalue weighted by molar-refractivity contribution is -0.387. The van der Waals surface area contributed by atoms with Crippen molar-refractivity contribution in [2.45, 2.75) is 40.0 Å². The highest BCUT2D eigenvalue weighted by molar-refractivity contribution is 9.11. The van der Waals surface area contributed by atoms with Crippen molar-refractivity contribution in [1.29, 1.82) is 0 Å². The minimum absolute atomic E-state index is 0.0645. The maximum atomic E-state index is 13.3. The zero-order chi connectivity index (χ0) is 49.1. The molecular weight excluding hydrogens is 1090 g/mol. The Morgan fingerprint density at radius 3 is 1.42 bits per heavy atom. The van der Waals surface area contributed by atoms with Gasteiger partial charge in [-0.2, -0.15) is 4.39 Å². The number of halogens is 14. The molecule has 0 unspecified atom stereocenters. The summed E-state index contributed by atoms with van der Waals surface area (Å²) >= 11 is 8.49. The van der Waals surface area contributed by atoms with Crippen LogP contribution in [0.15, 0.2) is 62.2 Å². The Bertz CT molecular complexity index is 2730. The maximum Gasteiger partial charge on any atom is 0.308 e. The van der Waals surface area contributed by atoms with Gasteiger partial charge in [-0.05, 0) is 91.3 Å². The number of aromatic nitrogens is 2. The molecule has 0 fully saturated rings. The third-order valence-corrected chi connectivity index (χ3v) is 9.95. The van der Waals surface area contributed by atoms with E-state index in [0.29, 0.717) is 24.1 Å². The molecule has 6 aromatic rings. The molecule has 0 bridgehead atoms. The number of rotatable bonds is 6. The van der Waals surface area contributed by atoms with Crippen LogP contribution in [0, 0.1) is 94.3 Å². The van der Waals surface area contributed by atoms with Crippen molar-refractivity contribution in [3.05, 3.63) is 173 Å². The van der Waals surface area contributed by atoms with Crippen LogP contribution in [0.25, 0.3) is 11.0 Å². The van der Waals surface area contributed by atoms with Gasteiger partial charge in [-0.25, -0.2) is 48.9 Å². The van der Waals surface area contributed by atoms with E-state index in [4.69, 9.17) is 5.73 Å². The third kappa shape index (κ3) is 12.9. The topological polar surface area (TPSA) is 173 Å². The summed E-state index contributed by atoms with van der Waals surface area (Å²) < 4.78 is 142. The van der Waals surface area contributed by atoms with Crippen LogP contribution in [0.1, 0.15) is 37.5 Å². The smallest absolute Gasteiger partial charge is 0.308 e. The zero-order valence-corrected chi connectivity index (χ0v) is 37.6. The van der Waals surface area contributed by atoms with Gasteiger partial charge in [0.2, 0.25) is 11.6 Å². The van der Waals surface area contributed by atoms with Gasteiger partial charge in [-0.1, -0.05) is 20.8 Å². The fourth-order valence-corrected chi connectivity index (χ4v) is 6.29. The minimum atomic E-state index is -1.83. The SMILES string of the molecule is CCc1c(N)cc(Br)c(F)c1F.CCc1c([N+](=O)[O-])cc(Br)c(F)c1F.CCc1c([N+](=O)[O-])ccc(F)c1F.Cn1cnc2cc(Br)c(F)c(F)c21.O=[N+]([O-])c1ccc(F)c(F)c1F. The molecule has 12 nitrogen and oxygen atoms in total. The van der Waals surface area contributed by atoms with Crippen LogP contribution >= 0.6 is 47.8 Å². The van der Waals surface area contributed by atoms with Gasteiger partial charge in [0, 0.05) is 36.5 Å². The van der Waals surface area contributed by atoms with Gasteiger partial charge in [0.15, 0.2) is 52.4 Å². The first-order valence-electron chi connectivity index (χ1n) is 17.3. The molecule has 0 atom stereocenters. The van der Waals surface area contributed by atoms with Crippen LogP contribution in [0.5, 0.6) is 0 Å². The Balaban J connectivity index is 0.000000275. The molecule has 0 aliphatic carbocycles. The van der Waals surface area contributed by atoms with E-state index in [0.717, 1.165) is 18.2 Å². The van der Waals surface area contributed by atoms with Crippen LogP contribution in [0.4, 0.5) is 71.0 Å². The van der Waals surface area contributed by atoms with Crippen molar-refractivity contribution in [2.75, 3.05) is 5.73 Å². The number of nitrogens with two attached hydrogens (primary N) is 1. The summed E-state index contributed by atoms with van der Waals surface area (Å²) in [7, 11) is 1.62. The van der Waals surface area contributed by atoms with Crippen LogP contribution in [0.3, 0.4) is 0 Å². The van der Waals surface area contributed by atoms with E-state index < -0.39 is 90.1 Å². The van der Waals surface area contributed by atoms with Crippen molar-refractivity contribution in [2.24, 2.45) is 7.05 Å². The Morgan fingerprint density at radius 2 is 0.938 bits per heavy atom. The second kappa shape index (κ2) is 23.8. The molecule has 0 amide bonds. The van der Waals surface area contributed by atoms with Gasteiger partial charge in [-0.15, -0.1) is 0 Å². The molecule has 1 aromatic heterocycles. The van der Waals surface area contributed by atoms with Gasteiger partial charge < -0.3 is 10.3 Å². The first-order valence-corrected chi connectivity index (χ1v) is 19.7. The highest BCUT2D eigenvalue weighted by atomic mass is 79.9. The Kier molecular flexibility index (Phi) is 20.2. The highest BCUT2D eigenvalue weighted by Gasteiger charge is 2.24. The molecule has 0 saturated carbocycles. The monoisotopic (exact) mass is 1110 g/mol. The molecule has 5 aromatic carbocycles. The number of imidazole rings is 1.